The first-order chi connectivity index (χ1) is 8.66. The van der Waals surface area contributed by atoms with Gasteiger partial charge in [0.05, 0.1) is 5.39 Å². The summed E-state index contributed by atoms with van der Waals surface area (Å²) in [4.78, 5) is 11.8. The molecule has 1 aromatic carbocycles. The molecule has 0 aliphatic carbocycles. The molecule has 0 aliphatic rings. The topological polar surface area (TPSA) is 115 Å². The molecule has 18 heavy (non-hydrogen) atoms. The fraction of sp³-hybridized carbons (Fsp3) is 0. The molecule has 0 aliphatic heterocycles. The minimum Gasteiger partial charge on any atom is -0.506 e. The largest absolute Gasteiger partial charge is 0.506 e. The monoisotopic (exact) mass is 245 g/mol. The summed E-state index contributed by atoms with van der Waals surface area (Å²) >= 11 is 0. The molecule has 0 bridgehead atoms. The lowest BCUT2D eigenvalue weighted by atomic mass is 10.1. The van der Waals surface area contributed by atoms with Gasteiger partial charge in [-0.3, -0.25) is 0 Å². The van der Waals surface area contributed by atoms with Crippen LogP contribution in [0.2, 0.25) is 0 Å². The molecule has 0 amide bonds. The Bertz CT molecular complexity index is 790. The number of fused-ring (bicyclic) bond motifs is 1. The van der Waals surface area contributed by atoms with E-state index >= 15 is 0 Å². The fourth-order valence-electron chi connectivity index (χ4n) is 1.66. The highest BCUT2D eigenvalue weighted by Gasteiger charge is 2.20. The smallest absolute Gasteiger partial charge is 0.353 e. The Labute approximate surface area is 99.5 Å². The maximum atomic E-state index is 11.8. The number of nitrogen functional groups attached to an aromatic ring is 1. The molecule has 0 fully saturated rings. The molecule has 0 saturated heterocycles. The zero-order valence-corrected chi connectivity index (χ0v) is 8.95. The Hall–Kier alpha value is -2.83. The summed E-state index contributed by atoms with van der Waals surface area (Å²) in [6, 6.07) is 6.37. The highest BCUT2D eigenvalue weighted by atomic mass is 16.4. The highest BCUT2D eigenvalue weighted by Crippen LogP contribution is 2.32. The van der Waals surface area contributed by atoms with Crippen LogP contribution in [0, 0.1) is 0 Å². The van der Waals surface area contributed by atoms with Gasteiger partial charge in [0, 0.05) is 0 Å². The first-order valence-corrected chi connectivity index (χ1v) is 5.01. The molecule has 2 aromatic heterocycles. The molecule has 3 aromatic rings. The fourth-order valence-corrected chi connectivity index (χ4v) is 1.66. The molecule has 2 heterocycles. The summed E-state index contributed by atoms with van der Waals surface area (Å²) in [7, 11) is 0. The third-order valence-electron chi connectivity index (χ3n) is 2.44. The van der Waals surface area contributed by atoms with Crippen molar-refractivity contribution < 1.29 is 13.9 Å². The van der Waals surface area contributed by atoms with E-state index in [-0.39, 0.29) is 28.8 Å². The van der Waals surface area contributed by atoms with Gasteiger partial charge in [0.1, 0.15) is 11.3 Å². The minimum atomic E-state index is -0.769. The van der Waals surface area contributed by atoms with Gasteiger partial charge in [0.15, 0.2) is 5.56 Å². The number of anilines is 1. The molecule has 7 nitrogen and oxygen atoms in total. The van der Waals surface area contributed by atoms with Gasteiger partial charge in [0.25, 0.3) is 5.89 Å². The summed E-state index contributed by atoms with van der Waals surface area (Å²) < 4.78 is 9.97. The SMILES string of the molecule is Nc1nnc(-c2c(O)c3ccccc3oc2=O)o1. The van der Waals surface area contributed by atoms with Crippen molar-refractivity contribution in [3.8, 4) is 17.2 Å². The third kappa shape index (κ3) is 1.41. The number of rotatable bonds is 1. The second kappa shape index (κ2) is 3.59. The van der Waals surface area contributed by atoms with Crippen molar-refractivity contribution in [2.45, 2.75) is 0 Å². The number of aromatic hydroxyl groups is 1. The number of hydrogen-bond acceptors (Lipinski definition) is 7. The zero-order valence-electron chi connectivity index (χ0n) is 8.95. The van der Waals surface area contributed by atoms with Gasteiger partial charge in [-0.05, 0) is 12.1 Å². The van der Waals surface area contributed by atoms with Gasteiger partial charge in [-0.2, -0.15) is 0 Å². The van der Waals surface area contributed by atoms with Crippen LogP contribution >= 0.6 is 0 Å². The molecular formula is C11H7N3O4. The standard InChI is InChI=1S/C11H7N3O4/c12-11-14-13-9(18-11)7-8(15)5-3-1-2-4-6(5)17-10(7)16/h1-4,15H,(H2,12,14). The molecular weight excluding hydrogens is 238 g/mol. The minimum absolute atomic E-state index is 0.176. The average molecular weight is 245 g/mol. The van der Waals surface area contributed by atoms with Crippen LogP contribution in [0.3, 0.4) is 0 Å². The molecule has 0 unspecified atom stereocenters. The lowest BCUT2D eigenvalue weighted by molar-refractivity contribution is 0.465. The number of para-hydroxylation sites is 1. The van der Waals surface area contributed by atoms with E-state index in [1.165, 1.54) is 0 Å². The normalized spacial score (nSPS) is 10.9. The molecule has 0 spiro atoms. The van der Waals surface area contributed by atoms with Crippen LogP contribution in [0.5, 0.6) is 5.75 Å². The van der Waals surface area contributed by atoms with E-state index in [2.05, 4.69) is 10.2 Å². The van der Waals surface area contributed by atoms with Gasteiger partial charge in [-0.25, -0.2) is 4.79 Å². The third-order valence-corrected chi connectivity index (χ3v) is 2.44. The van der Waals surface area contributed by atoms with Crippen molar-refractivity contribution in [2.75, 3.05) is 5.73 Å². The van der Waals surface area contributed by atoms with Crippen molar-refractivity contribution in [2.24, 2.45) is 0 Å². The molecule has 0 radical (unpaired) electrons. The zero-order chi connectivity index (χ0) is 12.7. The van der Waals surface area contributed by atoms with Crippen LogP contribution in [-0.4, -0.2) is 15.3 Å². The van der Waals surface area contributed by atoms with E-state index in [1.54, 1.807) is 24.3 Å². The molecule has 7 heteroatoms. The Balaban J connectivity index is 2.39. The van der Waals surface area contributed by atoms with Crippen LogP contribution in [0.4, 0.5) is 6.01 Å². The number of nitrogens with zero attached hydrogens (tertiary/aromatic N) is 2. The average Bonchev–Trinajstić information content (AvgIpc) is 2.76. The summed E-state index contributed by atoms with van der Waals surface area (Å²) in [5, 5.41) is 17.4. The van der Waals surface area contributed by atoms with E-state index in [0.717, 1.165) is 0 Å². The van der Waals surface area contributed by atoms with Crippen molar-refractivity contribution in [3.05, 3.63) is 34.7 Å². The lowest BCUT2D eigenvalue weighted by Gasteiger charge is -2.02. The number of aromatic nitrogens is 2. The number of hydrogen-bond donors (Lipinski definition) is 2. The van der Waals surface area contributed by atoms with Crippen LogP contribution < -0.4 is 11.4 Å². The van der Waals surface area contributed by atoms with Crippen LogP contribution in [-0.2, 0) is 0 Å². The van der Waals surface area contributed by atoms with E-state index < -0.39 is 5.63 Å². The van der Waals surface area contributed by atoms with E-state index in [1.807, 2.05) is 0 Å². The maximum absolute atomic E-state index is 11.8. The van der Waals surface area contributed by atoms with Crippen molar-refractivity contribution >= 4 is 17.0 Å². The number of benzene rings is 1. The first kappa shape index (κ1) is 10.3. The number of nitrogens with two attached hydrogens (primary N) is 1. The van der Waals surface area contributed by atoms with E-state index in [0.29, 0.717) is 5.39 Å². The van der Waals surface area contributed by atoms with Crippen LogP contribution in [0.25, 0.3) is 22.4 Å². The Morgan fingerprint density at radius 1 is 1.17 bits per heavy atom. The van der Waals surface area contributed by atoms with Crippen LogP contribution in [0.15, 0.2) is 37.9 Å². The summed E-state index contributed by atoms with van der Waals surface area (Å²) in [6.45, 7) is 0. The van der Waals surface area contributed by atoms with Crippen molar-refractivity contribution in [3.63, 3.8) is 0 Å². The van der Waals surface area contributed by atoms with Gasteiger partial charge < -0.3 is 19.7 Å². The highest BCUT2D eigenvalue weighted by molar-refractivity contribution is 5.88. The Morgan fingerprint density at radius 2 is 1.94 bits per heavy atom. The van der Waals surface area contributed by atoms with Crippen molar-refractivity contribution in [1.82, 2.24) is 10.2 Å². The maximum Gasteiger partial charge on any atom is 0.353 e. The predicted octanol–water partition coefficient (Wildman–Crippen LogP) is 1.13. The predicted molar refractivity (Wildman–Crippen MR) is 61.9 cm³/mol. The van der Waals surface area contributed by atoms with Gasteiger partial charge in [0.2, 0.25) is 0 Å². The molecule has 3 N–H and O–H groups in total. The quantitative estimate of drug-likeness (QED) is 0.617. The molecule has 90 valence electrons. The van der Waals surface area contributed by atoms with E-state index in [9.17, 15) is 9.90 Å². The lowest BCUT2D eigenvalue weighted by Crippen LogP contribution is -2.03. The molecule has 0 atom stereocenters. The second-order valence-corrected chi connectivity index (χ2v) is 3.55. The van der Waals surface area contributed by atoms with Crippen molar-refractivity contribution in [1.29, 1.82) is 0 Å². The Kier molecular flexibility index (Phi) is 2.06. The van der Waals surface area contributed by atoms with Gasteiger partial charge in [-0.1, -0.05) is 17.2 Å². The summed E-state index contributed by atoms with van der Waals surface area (Å²) in [5.41, 5.74) is 4.58. The second-order valence-electron chi connectivity index (χ2n) is 3.55. The molecule has 3 rings (SSSR count). The summed E-state index contributed by atoms with van der Waals surface area (Å²) in [5.74, 6) is -0.449. The van der Waals surface area contributed by atoms with E-state index in [4.69, 9.17) is 14.6 Å². The molecule has 0 saturated carbocycles. The van der Waals surface area contributed by atoms with Crippen LogP contribution in [0.1, 0.15) is 0 Å². The van der Waals surface area contributed by atoms with Gasteiger partial charge >= 0.3 is 11.6 Å². The van der Waals surface area contributed by atoms with Gasteiger partial charge in [-0.15, -0.1) is 5.10 Å². The Morgan fingerprint density at radius 3 is 2.67 bits per heavy atom. The first-order valence-electron chi connectivity index (χ1n) is 5.01. The summed E-state index contributed by atoms with van der Waals surface area (Å²) in [6.07, 6.45) is 0.